The van der Waals surface area contributed by atoms with E-state index in [9.17, 15) is 9.59 Å². The number of nitrogens with two attached hydrogens (primary N) is 1. The Bertz CT molecular complexity index is 436. The van der Waals surface area contributed by atoms with Gasteiger partial charge in [0.05, 0.1) is 5.69 Å². The fourth-order valence-electron chi connectivity index (χ4n) is 1.88. The lowest BCUT2D eigenvalue weighted by atomic mass is 9.82. The maximum atomic E-state index is 11.5. The first-order chi connectivity index (χ1) is 7.30. The molecule has 4 heteroatoms. The van der Waals surface area contributed by atoms with Crippen molar-refractivity contribution in [3.63, 3.8) is 0 Å². The molecule has 0 atom stereocenters. The molecule has 0 heterocycles. The van der Waals surface area contributed by atoms with Gasteiger partial charge >= 0.3 is 0 Å². The molecule has 0 saturated carbocycles. The summed E-state index contributed by atoms with van der Waals surface area (Å²) in [5.74, 6) is 0. The molecule has 0 bridgehead atoms. The summed E-state index contributed by atoms with van der Waals surface area (Å²) >= 11 is 0. The van der Waals surface area contributed by atoms with Crippen LogP contribution in [-0.2, 0) is 5.41 Å². The van der Waals surface area contributed by atoms with E-state index >= 15 is 0 Å². The van der Waals surface area contributed by atoms with Gasteiger partial charge in [0.2, 0.25) is 10.9 Å². The summed E-state index contributed by atoms with van der Waals surface area (Å²) in [6.45, 7) is 7.14. The van der Waals surface area contributed by atoms with Crippen molar-refractivity contribution in [2.75, 3.05) is 25.0 Å². The van der Waals surface area contributed by atoms with Gasteiger partial charge in [-0.15, -0.1) is 0 Å². The fourth-order valence-corrected chi connectivity index (χ4v) is 1.88. The smallest absolute Gasteiger partial charge is 0.249 e. The Morgan fingerprint density at radius 2 is 1.75 bits per heavy atom. The van der Waals surface area contributed by atoms with Crippen LogP contribution in [0.4, 0.5) is 5.69 Å². The second kappa shape index (κ2) is 4.37. The largest absolute Gasteiger partial charge is 0.371 e. The van der Waals surface area contributed by atoms with E-state index in [0.717, 1.165) is 6.42 Å². The predicted octanol–water partition coefficient (Wildman–Crippen LogP) is 0.365. The third-order valence-corrected chi connectivity index (χ3v) is 2.71. The highest BCUT2D eigenvalue weighted by atomic mass is 16.2. The van der Waals surface area contributed by atoms with Crippen LogP contribution in [0.3, 0.4) is 0 Å². The normalized spacial score (nSPS) is 12.1. The molecule has 0 aliphatic heterocycles. The van der Waals surface area contributed by atoms with Crippen molar-refractivity contribution >= 4 is 5.69 Å². The Kier molecular flexibility index (Phi) is 3.53. The minimum Gasteiger partial charge on any atom is -0.371 e. The predicted molar refractivity (Wildman–Crippen MR) is 67.0 cm³/mol. The lowest BCUT2D eigenvalue weighted by molar-refractivity contribution is 0.575. The molecule has 2 N–H and O–H groups in total. The molecule has 16 heavy (non-hydrogen) atoms. The molecule has 0 saturated heterocycles. The first-order valence-electron chi connectivity index (χ1n) is 5.55. The van der Waals surface area contributed by atoms with E-state index in [1.807, 2.05) is 32.7 Å². The zero-order valence-electron chi connectivity index (χ0n) is 10.5. The molecular formula is C12H20N2O2. The Morgan fingerprint density at radius 3 is 2.19 bits per heavy atom. The van der Waals surface area contributed by atoms with Gasteiger partial charge in [0, 0.05) is 19.2 Å². The van der Waals surface area contributed by atoms with E-state index in [-0.39, 0.29) is 16.3 Å². The highest BCUT2D eigenvalue weighted by Gasteiger charge is 2.31. The molecule has 0 radical (unpaired) electrons. The highest BCUT2D eigenvalue weighted by Crippen LogP contribution is 2.27. The Hall–Kier alpha value is -1.16. The third kappa shape index (κ3) is 2.16. The van der Waals surface area contributed by atoms with Crippen LogP contribution in [0.15, 0.2) is 9.59 Å². The number of rotatable bonds is 4. The summed E-state index contributed by atoms with van der Waals surface area (Å²) in [6.07, 6.45) is 0.818. The van der Waals surface area contributed by atoms with Crippen LogP contribution in [0, 0.1) is 0 Å². The highest BCUT2D eigenvalue weighted by molar-refractivity contribution is 5.60. The minimum atomic E-state index is -0.357. The van der Waals surface area contributed by atoms with Crippen molar-refractivity contribution in [1.82, 2.24) is 0 Å². The van der Waals surface area contributed by atoms with Gasteiger partial charge in [0.15, 0.2) is 0 Å². The van der Waals surface area contributed by atoms with Crippen molar-refractivity contribution in [3.8, 4) is 0 Å². The first-order valence-corrected chi connectivity index (χ1v) is 5.55. The van der Waals surface area contributed by atoms with Crippen molar-refractivity contribution < 1.29 is 0 Å². The van der Waals surface area contributed by atoms with Crippen LogP contribution >= 0.6 is 0 Å². The molecule has 0 aliphatic rings. The van der Waals surface area contributed by atoms with Crippen LogP contribution in [-0.4, -0.2) is 20.1 Å². The molecule has 1 aromatic rings. The zero-order valence-corrected chi connectivity index (χ0v) is 10.5. The number of hydrogen-bond donors (Lipinski definition) is 1. The zero-order chi connectivity index (χ0) is 12.5. The molecule has 1 aromatic carbocycles. The SMILES string of the molecule is CN(CCCN)c1c(C(C)(C)C)c(=O)c1=O. The minimum absolute atomic E-state index is 0.267. The maximum absolute atomic E-state index is 11.5. The van der Waals surface area contributed by atoms with Crippen LogP contribution in [0.2, 0.25) is 0 Å². The number of anilines is 1. The van der Waals surface area contributed by atoms with Crippen LogP contribution in [0.5, 0.6) is 0 Å². The van der Waals surface area contributed by atoms with Crippen molar-refractivity contribution in [3.05, 3.63) is 26.0 Å². The first kappa shape index (κ1) is 12.9. The summed E-state index contributed by atoms with van der Waals surface area (Å²) < 4.78 is 0. The van der Waals surface area contributed by atoms with Gasteiger partial charge in [-0.05, 0) is 18.4 Å². The standard InChI is InChI=1S/C12H20N2O2/c1-12(2,3)8-9(11(16)10(8)15)14(4)7-5-6-13/h5-7,13H2,1-4H3. The van der Waals surface area contributed by atoms with Crippen molar-refractivity contribution in [2.45, 2.75) is 32.6 Å². The average Bonchev–Trinajstić information content (AvgIpc) is 2.18. The molecule has 0 spiro atoms. The van der Waals surface area contributed by atoms with Gasteiger partial charge in [-0.1, -0.05) is 20.8 Å². The molecule has 0 aliphatic carbocycles. The molecule has 0 aromatic heterocycles. The third-order valence-electron chi connectivity index (χ3n) is 2.71. The summed E-state index contributed by atoms with van der Waals surface area (Å²) in [5, 5.41) is 0. The Morgan fingerprint density at radius 1 is 1.19 bits per heavy atom. The molecular weight excluding hydrogens is 204 g/mol. The Balaban J connectivity index is 3.02. The summed E-state index contributed by atoms with van der Waals surface area (Å²) in [4.78, 5) is 24.9. The van der Waals surface area contributed by atoms with Crippen LogP contribution < -0.4 is 21.5 Å². The average molecular weight is 224 g/mol. The van der Waals surface area contributed by atoms with Crippen molar-refractivity contribution in [1.29, 1.82) is 0 Å². The molecule has 0 amide bonds. The van der Waals surface area contributed by atoms with Gasteiger partial charge in [0.1, 0.15) is 0 Å². The van der Waals surface area contributed by atoms with Gasteiger partial charge in [-0.3, -0.25) is 9.59 Å². The molecule has 0 fully saturated rings. The number of nitrogens with zero attached hydrogens (tertiary/aromatic N) is 1. The molecule has 90 valence electrons. The van der Waals surface area contributed by atoms with Crippen LogP contribution in [0.1, 0.15) is 32.8 Å². The van der Waals surface area contributed by atoms with Gasteiger partial charge in [-0.2, -0.15) is 0 Å². The van der Waals surface area contributed by atoms with Crippen LogP contribution in [0.25, 0.3) is 0 Å². The van der Waals surface area contributed by atoms with E-state index in [4.69, 9.17) is 5.73 Å². The second-order valence-electron chi connectivity index (χ2n) is 5.20. The second-order valence-corrected chi connectivity index (χ2v) is 5.20. The monoisotopic (exact) mass is 224 g/mol. The maximum Gasteiger partial charge on any atom is 0.249 e. The Labute approximate surface area is 95.8 Å². The summed E-state index contributed by atoms with van der Waals surface area (Å²) in [7, 11) is 1.83. The number of hydrogen-bond acceptors (Lipinski definition) is 4. The summed E-state index contributed by atoms with van der Waals surface area (Å²) in [5.41, 5.74) is 5.69. The fraction of sp³-hybridized carbons (Fsp3) is 0.667. The molecule has 1 rings (SSSR count). The van der Waals surface area contributed by atoms with E-state index in [1.165, 1.54) is 0 Å². The van der Waals surface area contributed by atoms with Gasteiger partial charge < -0.3 is 10.6 Å². The van der Waals surface area contributed by atoms with E-state index < -0.39 is 0 Å². The van der Waals surface area contributed by atoms with Gasteiger partial charge in [0.25, 0.3) is 0 Å². The molecule has 4 nitrogen and oxygen atoms in total. The van der Waals surface area contributed by atoms with E-state index in [2.05, 4.69) is 0 Å². The lowest BCUT2D eigenvalue weighted by Crippen LogP contribution is -2.46. The lowest BCUT2D eigenvalue weighted by Gasteiger charge is -2.29. The van der Waals surface area contributed by atoms with Crippen molar-refractivity contribution in [2.24, 2.45) is 5.73 Å². The van der Waals surface area contributed by atoms with E-state index in [0.29, 0.717) is 24.3 Å². The summed E-state index contributed by atoms with van der Waals surface area (Å²) in [6, 6.07) is 0. The van der Waals surface area contributed by atoms with Gasteiger partial charge in [-0.25, -0.2) is 0 Å². The van der Waals surface area contributed by atoms with E-state index in [1.54, 1.807) is 0 Å². The quantitative estimate of drug-likeness (QED) is 0.750. The topological polar surface area (TPSA) is 63.4 Å². The molecule has 0 unspecified atom stereocenters.